The van der Waals surface area contributed by atoms with Gasteiger partial charge in [-0.1, -0.05) is 6.92 Å². The minimum Gasteiger partial charge on any atom is -0.392 e. The summed E-state index contributed by atoms with van der Waals surface area (Å²) >= 11 is 0. The summed E-state index contributed by atoms with van der Waals surface area (Å²) in [6, 6.07) is 2.20. The van der Waals surface area contributed by atoms with Crippen molar-refractivity contribution >= 4 is 0 Å². The topological polar surface area (TPSA) is 35.5 Å². The van der Waals surface area contributed by atoms with Crippen LogP contribution >= 0.6 is 0 Å². The molecule has 2 bridgehead atoms. The van der Waals surface area contributed by atoms with Crippen LogP contribution in [0.3, 0.4) is 0 Å². The first-order valence-electron chi connectivity index (χ1n) is 6.87. The molecular weight excluding hydrogens is 200 g/mol. The van der Waals surface area contributed by atoms with Gasteiger partial charge in [-0.25, -0.2) is 0 Å². The molecular formula is C13H26N2O. The highest BCUT2D eigenvalue weighted by atomic mass is 16.3. The second kappa shape index (κ2) is 5.48. The second-order valence-corrected chi connectivity index (χ2v) is 5.61. The Morgan fingerprint density at radius 1 is 1.31 bits per heavy atom. The van der Waals surface area contributed by atoms with Crippen molar-refractivity contribution in [2.24, 2.45) is 0 Å². The van der Waals surface area contributed by atoms with E-state index in [-0.39, 0.29) is 6.10 Å². The second-order valence-electron chi connectivity index (χ2n) is 5.61. The molecule has 0 amide bonds. The van der Waals surface area contributed by atoms with Crippen LogP contribution in [0.15, 0.2) is 0 Å². The third-order valence-electron chi connectivity index (χ3n) is 3.97. The highest BCUT2D eigenvalue weighted by Crippen LogP contribution is 2.29. The smallest absolute Gasteiger partial charge is 0.0639 e. The van der Waals surface area contributed by atoms with Gasteiger partial charge in [0.1, 0.15) is 0 Å². The standard InChI is InChI=1S/C13H26N2O/c1-3-6-15(9-10(2)16)13-7-11-4-5-12(8-13)14-11/h10-14,16H,3-9H2,1-2H3/t10-,11?,12?,13?/m0/s1. The van der Waals surface area contributed by atoms with Crippen molar-refractivity contribution < 1.29 is 5.11 Å². The molecule has 3 atom stereocenters. The Morgan fingerprint density at radius 2 is 1.94 bits per heavy atom. The average Bonchev–Trinajstić information content (AvgIpc) is 2.56. The normalized spacial score (nSPS) is 35.6. The maximum atomic E-state index is 9.57. The summed E-state index contributed by atoms with van der Waals surface area (Å²) in [4.78, 5) is 2.51. The molecule has 0 aromatic heterocycles. The van der Waals surface area contributed by atoms with Gasteiger partial charge in [-0.3, -0.25) is 4.90 Å². The third-order valence-corrected chi connectivity index (χ3v) is 3.97. The van der Waals surface area contributed by atoms with Gasteiger partial charge in [-0.2, -0.15) is 0 Å². The van der Waals surface area contributed by atoms with E-state index < -0.39 is 0 Å². The minimum absolute atomic E-state index is 0.195. The van der Waals surface area contributed by atoms with Gasteiger partial charge in [-0.05, 0) is 45.6 Å². The molecule has 0 aliphatic carbocycles. The monoisotopic (exact) mass is 226 g/mol. The first-order chi connectivity index (χ1) is 7.69. The number of fused-ring (bicyclic) bond motifs is 2. The van der Waals surface area contributed by atoms with Crippen molar-refractivity contribution in [2.75, 3.05) is 13.1 Å². The van der Waals surface area contributed by atoms with E-state index in [9.17, 15) is 5.11 Å². The molecule has 0 aromatic rings. The van der Waals surface area contributed by atoms with E-state index in [1.165, 1.54) is 32.1 Å². The molecule has 94 valence electrons. The van der Waals surface area contributed by atoms with E-state index >= 15 is 0 Å². The van der Waals surface area contributed by atoms with Gasteiger partial charge in [0.05, 0.1) is 6.10 Å². The third kappa shape index (κ3) is 2.96. The zero-order chi connectivity index (χ0) is 11.5. The summed E-state index contributed by atoms with van der Waals surface area (Å²) in [6.45, 7) is 6.11. The summed E-state index contributed by atoms with van der Waals surface area (Å²) in [7, 11) is 0. The van der Waals surface area contributed by atoms with Crippen molar-refractivity contribution in [3.05, 3.63) is 0 Å². The van der Waals surface area contributed by atoms with Crippen LogP contribution in [0.5, 0.6) is 0 Å². The summed E-state index contributed by atoms with van der Waals surface area (Å²) in [5, 5.41) is 13.3. The molecule has 2 heterocycles. The van der Waals surface area contributed by atoms with E-state index in [1.54, 1.807) is 0 Å². The Bertz CT molecular complexity index is 208. The molecule has 2 aliphatic rings. The molecule has 0 radical (unpaired) electrons. The SMILES string of the molecule is CCCN(C[C@H](C)O)C1CC2CCC(C1)N2. The zero-order valence-corrected chi connectivity index (χ0v) is 10.7. The number of rotatable bonds is 5. The Morgan fingerprint density at radius 3 is 2.44 bits per heavy atom. The van der Waals surface area contributed by atoms with E-state index in [0.29, 0.717) is 6.04 Å². The van der Waals surface area contributed by atoms with Crippen LogP contribution < -0.4 is 5.32 Å². The van der Waals surface area contributed by atoms with E-state index in [4.69, 9.17) is 0 Å². The molecule has 2 saturated heterocycles. The number of piperidine rings is 1. The molecule has 2 N–H and O–H groups in total. The van der Waals surface area contributed by atoms with Crippen LogP contribution in [0.4, 0.5) is 0 Å². The Kier molecular flexibility index (Phi) is 4.22. The molecule has 0 spiro atoms. The fraction of sp³-hybridized carbons (Fsp3) is 1.00. The van der Waals surface area contributed by atoms with Crippen LogP contribution in [0, 0.1) is 0 Å². The number of nitrogens with one attached hydrogen (secondary N) is 1. The first-order valence-corrected chi connectivity index (χ1v) is 6.87. The molecule has 16 heavy (non-hydrogen) atoms. The molecule has 3 nitrogen and oxygen atoms in total. The zero-order valence-electron chi connectivity index (χ0n) is 10.7. The summed E-state index contributed by atoms with van der Waals surface area (Å²) in [5.74, 6) is 0. The fourth-order valence-electron chi connectivity index (χ4n) is 3.37. The number of aliphatic hydroxyl groups is 1. The van der Waals surface area contributed by atoms with E-state index in [1.807, 2.05) is 6.92 Å². The maximum absolute atomic E-state index is 9.57. The van der Waals surface area contributed by atoms with Gasteiger partial charge < -0.3 is 10.4 Å². The Hall–Kier alpha value is -0.120. The predicted molar refractivity (Wildman–Crippen MR) is 66.5 cm³/mol. The Balaban J connectivity index is 1.91. The van der Waals surface area contributed by atoms with Gasteiger partial charge in [0.2, 0.25) is 0 Å². The van der Waals surface area contributed by atoms with Crippen molar-refractivity contribution in [3.63, 3.8) is 0 Å². The fourth-order valence-corrected chi connectivity index (χ4v) is 3.37. The average molecular weight is 226 g/mol. The van der Waals surface area contributed by atoms with Crippen LogP contribution in [0.2, 0.25) is 0 Å². The summed E-state index contributed by atoms with van der Waals surface area (Å²) in [5.41, 5.74) is 0. The van der Waals surface area contributed by atoms with Crippen molar-refractivity contribution in [2.45, 2.75) is 70.2 Å². The molecule has 2 unspecified atom stereocenters. The van der Waals surface area contributed by atoms with Gasteiger partial charge in [0.15, 0.2) is 0 Å². The van der Waals surface area contributed by atoms with E-state index in [0.717, 1.165) is 25.2 Å². The lowest BCUT2D eigenvalue weighted by Gasteiger charge is -2.38. The maximum Gasteiger partial charge on any atom is 0.0639 e. The van der Waals surface area contributed by atoms with Crippen molar-refractivity contribution in [3.8, 4) is 0 Å². The Labute approximate surface area is 99.2 Å². The molecule has 3 heteroatoms. The summed E-state index contributed by atoms with van der Waals surface area (Å²) < 4.78 is 0. The summed E-state index contributed by atoms with van der Waals surface area (Å²) in [6.07, 6.45) is 6.27. The van der Waals surface area contributed by atoms with E-state index in [2.05, 4.69) is 17.1 Å². The van der Waals surface area contributed by atoms with Crippen LogP contribution in [-0.2, 0) is 0 Å². The van der Waals surface area contributed by atoms with Crippen LogP contribution in [-0.4, -0.2) is 47.3 Å². The lowest BCUT2D eigenvalue weighted by molar-refractivity contribution is 0.0765. The van der Waals surface area contributed by atoms with Gasteiger partial charge in [-0.15, -0.1) is 0 Å². The largest absolute Gasteiger partial charge is 0.392 e. The highest BCUT2D eigenvalue weighted by Gasteiger charge is 2.35. The lowest BCUT2D eigenvalue weighted by Crippen LogP contribution is -2.50. The van der Waals surface area contributed by atoms with Crippen LogP contribution in [0.25, 0.3) is 0 Å². The molecule has 2 rings (SSSR count). The lowest BCUT2D eigenvalue weighted by atomic mass is 9.97. The van der Waals surface area contributed by atoms with Gasteiger partial charge >= 0.3 is 0 Å². The first kappa shape index (κ1) is 12.3. The molecule has 2 aliphatic heterocycles. The van der Waals surface area contributed by atoms with Crippen molar-refractivity contribution in [1.29, 1.82) is 0 Å². The van der Waals surface area contributed by atoms with Crippen molar-refractivity contribution in [1.82, 2.24) is 10.2 Å². The number of hydrogen-bond acceptors (Lipinski definition) is 3. The van der Waals surface area contributed by atoms with Gasteiger partial charge in [0, 0.05) is 24.7 Å². The van der Waals surface area contributed by atoms with Crippen LogP contribution in [0.1, 0.15) is 46.0 Å². The number of hydrogen-bond donors (Lipinski definition) is 2. The molecule has 0 aromatic carbocycles. The van der Waals surface area contributed by atoms with Gasteiger partial charge in [0.25, 0.3) is 0 Å². The highest BCUT2D eigenvalue weighted by molar-refractivity contribution is 4.95. The molecule has 0 saturated carbocycles. The minimum atomic E-state index is -0.195. The number of aliphatic hydroxyl groups excluding tert-OH is 1. The predicted octanol–water partition coefficient (Wildman–Crippen LogP) is 1.36. The quantitative estimate of drug-likeness (QED) is 0.743. The number of nitrogens with zero attached hydrogens (tertiary/aromatic N) is 1. The molecule has 2 fully saturated rings.